The molecule has 0 spiro atoms. The lowest BCUT2D eigenvalue weighted by Crippen LogP contribution is -2.35. The highest BCUT2D eigenvalue weighted by atomic mass is 16.5. The molecule has 0 aromatic carbocycles. The summed E-state index contributed by atoms with van der Waals surface area (Å²) in [6.45, 7) is 11.6. The lowest BCUT2D eigenvalue weighted by atomic mass is 10.1. The van der Waals surface area contributed by atoms with Crippen molar-refractivity contribution in [1.29, 1.82) is 0 Å². The summed E-state index contributed by atoms with van der Waals surface area (Å²) in [5.41, 5.74) is 1.09. The fraction of sp³-hybridized carbons (Fsp3) is 0.833. The van der Waals surface area contributed by atoms with Gasteiger partial charge >= 0.3 is 0 Å². The summed E-state index contributed by atoms with van der Waals surface area (Å²) in [5, 5.41) is 11.6. The van der Waals surface area contributed by atoms with Gasteiger partial charge in [0.15, 0.2) is 0 Å². The zero-order valence-corrected chi connectivity index (χ0v) is 11.4. The van der Waals surface area contributed by atoms with Crippen molar-refractivity contribution in [3.8, 4) is 0 Å². The third-order valence-electron chi connectivity index (χ3n) is 2.27. The van der Waals surface area contributed by atoms with E-state index in [1.807, 2.05) is 17.8 Å². The van der Waals surface area contributed by atoms with Crippen molar-refractivity contribution >= 4 is 0 Å². The molecular formula is C12H24N4O. The standard InChI is InChI=1S/C12H24N4O/c1-5-17-8-6-7-16-10-11(14-15-16)9-13-12(2,3)4/h10,13H,5-9H2,1-4H3. The summed E-state index contributed by atoms with van der Waals surface area (Å²) >= 11 is 0. The number of hydrogen-bond acceptors (Lipinski definition) is 4. The number of nitrogens with zero attached hydrogens (tertiary/aromatic N) is 3. The molecule has 0 radical (unpaired) electrons. The Morgan fingerprint density at radius 2 is 2.18 bits per heavy atom. The van der Waals surface area contributed by atoms with Crippen LogP contribution in [0.4, 0.5) is 0 Å². The van der Waals surface area contributed by atoms with Crippen molar-refractivity contribution in [1.82, 2.24) is 20.3 Å². The van der Waals surface area contributed by atoms with E-state index < -0.39 is 0 Å². The monoisotopic (exact) mass is 240 g/mol. The van der Waals surface area contributed by atoms with Gasteiger partial charge in [-0.05, 0) is 34.1 Å². The van der Waals surface area contributed by atoms with Crippen molar-refractivity contribution in [3.63, 3.8) is 0 Å². The van der Waals surface area contributed by atoms with Crippen LogP contribution >= 0.6 is 0 Å². The summed E-state index contributed by atoms with van der Waals surface area (Å²) < 4.78 is 7.15. The highest BCUT2D eigenvalue weighted by Gasteiger charge is 2.09. The van der Waals surface area contributed by atoms with Crippen LogP contribution in [0, 0.1) is 0 Å². The van der Waals surface area contributed by atoms with E-state index in [1.54, 1.807) is 0 Å². The van der Waals surface area contributed by atoms with E-state index in [4.69, 9.17) is 4.74 Å². The van der Waals surface area contributed by atoms with Crippen LogP contribution in [0.1, 0.15) is 39.8 Å². The number of aryl methyl sites for hydroxylation is 1. The Balaban J connectivity index is 2.28. The van der Waals surface area contributed by atoms with Gasteiger partial charge in [0.05, 0.1) is 5.69 Å². The quantitative estimate of drug-likeness (QED) is 0.735. The maximum Gasteiger partial charge on any atom is 0.0965 e. The molecule has 0 aliphatic carbocycles. The van der Waals surface area contributed by atoms with Gasteiger partial charge in [0.1, 0.15) is 0 Å². The van der Waals surface area contributed by atoms with E-state index in [1.165, 1.54) is 0 Å². The Kier molecular flexibility index (Phi) is 5.58. The van der Waals surface area contributed by atoms with Gasteiger partial charge in [-0.2, -0.15) is 0 Å². The second-order valence-electron chi connectivity index (χ2n) is 5.13. The van der Waals surface area contributed by atoms with Crippen LogP contribution in [0.25, 0.3) is 0 Å². The highest BCUT2D eigenvalue weighted by Crippen LogP contribution is 2.01. The summed E-state index contributed by atoms with van der Waals surface area (Å²) in [7, 11) is 0. The fourth-order valence-electron chi connectivity index (χ4n) is 1.36. The SMILES string of the molecule is CCOCCCn1cc(CNC(C)(C)C)nn1. The lowest BCUT2D eigenvalue weighted by molar-refractivity contribution is 0.140. The molecule has 0 amide bonds. The van der Waals surface area contributed by atoms with E-state index >= 15 is 0 Å². The largest absolute Gasteiger partial charge is 0.382 e. The maximum atomic E-state index is 5.28. The van der Waals surface area contributed by atoms with E-state index in [9.17, 15) is 0 Å². The minimum absolute atomic E-state index is 0.110. The Labute approximate surface area is 104 Å². The minimum Gasteiger partial charge on any atom is -0.382 e. The molecule has 1 heterocycles. The molecule has 17 heavy (non-hydrogen) atoms. The molecular weight excluding hydrogens is 216 g/mol. The van der Waals surface area contributed by atoms with Crippen molar-refractivity contribution < 1.29 is 4.74 Å². The number of hydrogen-bond donors (Lipinski definition) is 1. The van der Waals surface area contributed by atoms with Crippen LogP contribution in [0.5, 0.6) is 0 Å². The third-order valence-corrected chi connectivity index (χ3v) is 2.27. The Morgan fingerprint density at radius 1 is 1.41 bits per heavy atom. The van der Waals surface area contributed by atoms with Crippen molar-refractivity contribution in [2.24, 2.45) is 0 Å². The van der Waals surface area contributed by atoms with Crippen LogP contribution < -0.4 is 5.32 Å². The normalized spacial score (nSPS) is 12.0. The van der Waals surface area contributed by atoms with Crippen molar-refractivity contribution in [2.75, 3.05) is 13.2 Å². The van der Waals surface area contributed by atoms with Gasteiger partial charge in [-0.15, -0.1) is 5.10 Å². The first-order valence-corrected chi connectivity index (χ1v) is 6.23. The smallest absolute Gasteiger partial charge is 0.0965 e. The lowest BCUT2D eigenvalue weighted by Gasteiger charge is -2.19. The van der Waals surface area contributed by atoms with Gasteiger partial charge in [-0.25, -0.2) is 0 Å². The Morgan fingerprint density at radius 3 is 2.82 bits per heavy atom. The molecule has 1 aromatic heterocycles. The average molecular weight is 240 g/mol. The van der Waals surface area contributed by atoms with Gasteiger partial charge in [-0.1, -0.05) is 5.21 Å². The summed E-state index contributed by atoms with van der Waals surface area (Å²) in [5.74, 6) is 0. The minimum atomic E-state index is 0.110. The first-order chi connectivity index (χ1) is 8.01. The first kappa shape index (κ1) is 14.1. The molecule has 0 saturated heterocycles. The van der Waals surface area contributed by atoms with Gasteiger partial charge in [0.25, 0.3) is 0 Å². The summed E-state index contributed by atoms with van der Waals surface area (Å²) in [6.07, 6.45) is 2.97. The predicted octanol–water partition coefficient (Wildman–Crippen LogP) is 1.59. The molecule has 0 atom stereocenters. The number of ether oxygens (including phenoxy) is 1. The molecule has 98 valence electrons. The van der Waals surface area contributed by atoms with Crippen LogP contribution in [0.2, 0.25) is 0 Å². The van der Waals surface area contributed by atoms with Crippen molar-refractivity contribution in [3.05, 3.63) is 11.9 Å². The molecule has 0 bridgehead atoms. The molecule has 1 aromatic rings. The zero-order chi connectivity index (χ0) is 12.7. The van der Waals surface area contributed by atoms with E-state index in [2.05, 4.69) is 36.4 Å². The average Bonchev–Trinajstić information content (AvgIpc) is 2.69. The maximum absolute atomic E-state index is 5.28. The number of nitrogens with one attached hydrogen (secondary N) is 1. The number of rotatable bonds is 7. The van der Waals surface area contributed by atoms with Crippen LogP contribution in [-0.4, -0.2) is 33.7 Å². The molecule has 5 heteroatoms. The highest BCUT2D eigenvalue weighted by molar-refractivity contribution is 4.92. The molecule has 5 nitrogen and oxygen atoms in total. The topological polar surface area (TPSA) is 52.0 Å². The zero-order valence-electron chi connectivity index (χ0n) is 11.4. The second kappa shape index (κ2) is 6.71. The Hall–Kier alpha value is -0.940. The summed E-state index contributed by atoms with van der Waals surface area (Å²) in [4.78, 5) is 0. The number of aromatic nitrogens is 3. The molecule has 1 rings (SSSR count). The first-order valence-electron chi connectivity index (χ1n) is 6.23. The van der Waals surface area contributed by atoms with E-state index in [-0.39, 0.29) is 5.54 Å². The molecule has 0 aliphatic rings. The van der Waals surface area contributed by atoms with Crippen LogP contribution in [0.15, 0.2) is 6.20 Å². The molecule has 0 fully saturated rings. The summed E-state index contributed by atoms with van der Waals surface area (Å²) in [6, 6.07) is 0. The van der Waals surface area contributed by atoms with Gasteiger partial charge in [-0.3, -0.25) is 4.68 Å². The molecule has 0 aliphatic heterocycles. The van der Waals surface area contributed by atoms with Crippen LogP contribution in [-0.2, 0) is 17.8 Å². The van der Waals surface area contributed by atoms with Crippen LogP contribution in [0.3, 0.4) is 0 Å². The van der Waals surface area contributed by atoms with Gasteiger partial charge in [0.2, 0.25) is 0 Å². The molecule has 1 N–H and O–H groups in total. The third kappa shape index (κ3) is 6.38. The Bertz CT molecular complexity index is 317. The van der Waals surface area contributed by atoms with Gasteiger partial charge < -0.3 is 10.1 Å². The van der Waals surface area contributed by atoms with E-state index in [0.29, 0.717) is 0 Å². The van der Waals surface area contributed by atoms with E-state index in [0.717, 1.165) is 38.4 Å². The predicted molar refractivity (Wildman–Crippen MR) is 67.7 cm³/mol. The fourth-order valence-corrected chi connectivity index (χ4v) is 1.36. The second-order valence-corrected chi connectivity index (χ2v) is 5.13. The van der Waals surface area contributed by atoms with Gasteiger partial charge in [0, 0.05) is 38.0 Å². The molecule has 0 saturated carbocycles. The molecule has 0 unspecified atom stereocenters. The van der Waals surface area contributed by atoms with Crippen molar-refractivity contribution in [2.45, 2.75) is 52.7 Å².